The molecule has 47 heavy (non-hydrogen) atoms. The summed E-state index contributed by atoms with van der Waals surface area (Å²) >= 11 is 0. The van der Waals surface area contributed by atoms with Crippen molar-refractivity contribution in [2.75, 3.05) is 75.5 Å². The Labute approximate surface area is 291 Å². The van der Waals surface area contributed by atoms with E-state index in [-0.39, 0.29) is 13.1 Å². The number of carboxylic acid groups (broad SMARTS) is 3. The zero-order valence-electron chi connectivity index (χ0n) is 32.8. The number of rotatable bonds is 28. The van der Waals surface area contributed by atoms with E-state index in [1.807, 2.05) is 49.3 Å². The highest BCUT2D eigenvalue weighted by Gasteiger charge is 2.18. The molecule has 0 N–H and O–H groups in total. The quantitative estimate of drug-likeness (QED) is 0.0903. The average molecular weight is 674 g/mol. The summed E-state index contributed by atoms with van der Waals surface area (Å²) in [5.74, 6) is -2.89. The molecule has 0 rings (SSSR count). The lowest BCUT2D eigenvalue weighted by Gasteiger charge is -2.31. The molecule has 0 aliphatic carbocycles. The summed E-state index contributed by atoms with van der Waals surface area (Å²) in [4.78, 5) is 31.4. The number of unbranched alkanes of at least 4 members (excludes halogenated alkanes) is 18. The van der Waals surface area contributed by atoms with E-state index in [9.17, 15) is 29.7 Å². The highest BCUT2D eigenvalue weighted by Crippen LogP contribution is 2.13. The number of carboxylic acids is 3. The summed E-state index contributed by atoms with van der Waals surface area (Å²) < 4.78 is 1.49. The standard InChI is InChI=1S/2C16H33NO2.C6H13NO2/c2*1-4-5-6-7-8-9-10-11-12-13-14-17(2,3)15-16(18)19;1-5(6(8)9)7(2,3)4/h2*4-15H2,1-3H3;5H,1-4H3. The van der Waals surface area contributed by atoms with E-state index >= 15 is 0 Å². The maximum atomic E-state index is 10.6. The predicted molar refractivity (Wildman–Crippen MR) is 190 cm³/mol. The molecule has 0 spiro atoms. The Morgan fingerprint density at radius 1 is 0.447 bits per heavy atom. The number of hydrogen-bond acceptors (Lipinski definition) is 6. The van der Waals surface area contributed by atoms with Crippen LogP contribution in [0.3, 0.4) is 0 Å². The van der Waals surface area contributed by atoms with E-state index in [2.05, 4.69) is 13.8 Å². The molecule has 0 aliphatic heterocycles. The van der Waals surface area contributed by atoms with E-state index in [0.717, 1.165) is 25.9 Å². The second-order valence-corrected chi connectivity index (χ2v) is 15.9. The first kappa shape index (κ1) is 49.7. The van der Waals surface area contributed by atoms with E-state index in [1.54, 1.807) is 6.92 Å². The molecule has 1 atom stereocenters. The molecular weight excluding hydrogens is 594 g/mol. The van der Waals surface area contributed by atoms with Gasteiger partial charge in [0.15, 0.2) is 0 Å². The summed E-state index contributed by atoms with van der Waals surface area (Å²) in [6.45, 7) is 8.25. The number of hydrogen-bond donors (Lipinski definition) is 0. The lowest BCUT2D eigenvalue weighted by Crippen LogP contribution is -2.53. The van der Waals surface area contributed by atoms with E-state index < -0.39 is 23.9 Å². The minimum atomic E-state index is -0.998. The van der Waals surface area contributed by atoms with Crippen molar-refractivity contribution in [1.29, 1.82) is 0 Å². The maximum Gasteiger partial charge on any atom is 0.126 e. The van der Waals surface area contributed by atoms with Gasteiger partial charge in [-0.25, -0.2) is 0 Å². The van der Waals surface area contributed by atoms with Gasteiger partial charge in [-0.2, -0.15) is 0 Å². The zero-order chi connectivity index (χ0) is 36.8. The summed E-state index contributed by atoms with van der Waals surface area (Å²) in [5.41, 5.74) is 0. The third-order valence-corrected chi connectivity index (χ3v) is 8.85. The van der Waals surface area contributed by atoms with E-state index in [1.165, 1.54) is 116 Å². The number of aliphatic carboxylic acids is 3. The molecule has 0 saturated heterocycles. The lowest BCUT2D eigenvalue weighted by molar-refractivity contribution is -0.887. The molecule has 0 fully saturated rings. The topological polar surface area (TPSA) is 120 Å². The summed E-state index contributed by atoms with van der Waals surface area (Å²) in [6.07, 6.45) is 26.4. The van der Waals surface area contributed by atoms with Crippen molar-refractivity contribution in [2.45, 2.75) is 155 Å². The van der Waals surface area contributed by atoms with Gasteiger partial charge in [0, 0.05) is 0 Å². The Hall–Kier alpha value is -1.71. The monoisotopic (exact) mass is 674 g/mol. The van der Waals surface area contributed by atoms with Crippen LogP contribution in [-0.4, -0.2) is 113 Å². The van der Waals surface area contributed by atoms with Crippen LogP contribution in [-0.2, 0) is 14.4 Å². The van der Waals surface area contributed by atoms with Crippen molar-refractivity contribution in [3.05, 3.63) is 0 Å². The minimum Gasteiger partial charge on any atom is -0.544 e. The number of likely N-dealkylation sites (N-methyl/N-ethyl adjacent to an activating group) is 3. The summed E-state index contributed by atoms with van der Waals surface area (Å²) in [5, 5.41) is 31.4. The SMILES string of the molecule is CC(C(=O)[O-])[N+](C)(C)C.CCCCCCCCCCCC[N+](C)(C)CC(=O)[O-].CCCCCCCCCCCC[N+](C)(C)CC(=O)[O-]. The second-order valence-electron chi connectivity index (χ2n) is 15.9. The zero-order valence-corrected chi connectivity index (χ0v) is 32.8. The first-order valence-corrected chi connectivity index (χ1v) is 18.9. The van der Waals surface area contributed by atoms with Gasteiger partial charge >= 0.3 is 0 Å². The average Bonchev–Trinajstić information content (AvgIpc) is 2.93. The number of carbonyl (C=O) groups excluding carboxylic acids is 3. The van der Waals surface area contributed by atoms with Crippen LogP contribution in [0.1, 0.15) is 149 Å². The van der Waals surface area contributed by atoms with Crippen LogP contribution in [0.4, 0.5) is 0 Å². The van der Waals surface area contributed by atoms with Gasteiger partial charge in [-0.15, -0.1) is 0 Å². The van der Waals surface area contributed by atoms with Crippen molar-refractivity contribution in [3.8, 4) is 0 Å². The van der Waals surface area contributed by atoms with Crippen molar-refractivity contribution < 1.29 is 43.2 Å². The van der Waals surface area contributed by atoms with E-state index in [4.69, 9.17) is 0 Å². The summed E-state index contributed by atoms with van der Waals surface area (Å²) in [7, 11) is 13.3. The lowest BCUT2D eigenvalue weighted by atomic mass is 10.1. The van der Waals surface area contributed by atoms with Gasteiger partial charge in [-0.1, -0.05) is 117 Å². The third-order valence-electron chi connectivity index (χ3n) is 8.85. The molecule has 9 heteroatoms. The normalized spacial score (nSPS) is 12.4. The minimum absolute atomic E-state index is 0.122. The Morgan fingerprint density at radius 3 is 0.851 bits per heavy atom. The molecule has 282 valence electrons. The van der Waals surface area contributed by atoms with Gasteiger partial charge in [0.1, 0.15) is 19.1 Å². The van der Waals surface area contributed by atoms with Crippen molar-refractivity contribution >= 4 is 17.9 Å². The first-order valence-electron chi connectivity index (χ1n) is 18.9. The van der Waals surface area contributed by atoms with Gasteiger partial charge < -0.3 is 43.2 Å². The first-order chi connectivity index (χ1) is 21.8. The highest BCUT2D eigenvalue weighted by molar-refractivity contribution is 5.69. The third kappa shape index (κ3) is 40.4. The van der Waals surface area contributed by atoms with Gasteiger partial charge in [0.2, 0.25) is 0 Å². The molecular formula is C38H79N3O6. The molecule has 0 saturated carbocycles. The van der Waals surface area contributed by atoms with Crippen molar-refractivity contribution in [2.24, 2.45) is 0 Å². The smallest absolute Gasteiger partial charge is 0.126 e. The fourth-order valence-electron chi connectivity index (χ4n) is 5.23. The summed E-state index contributed by atoms with van der Waals surface area (Å²) in [6, 6.07) is -0.440. The van der Waals surface area contributed by atoms with Crippen molar-refractivity contribution in [1.82, 2.24) is 0 Å². The molecule has 0 radical (unpaired) electrons. The Kier molecular flexibility index (Phi) is 32.1. The molecule has 0 aromatic heterocycles. The molecule has 0 amide bonds. The van der Waals surface area contributed by atoms with Gasteiger partial charge in [-0.05, 0) is 32.6 Å². The van der Waals surface area contributed by atoms with Crippen molar-refractivity contribution in [3.63, 3.8) is 0 Å². The number of nitrogens with zero attached hydrogens (tertiary/aromatic N) is 3. The molecule has 0 aromatic carbocycles. The van der Waals surface area contributed by atoms with Crippen LogP contribution in [0.5, 0.6) is 0 Å². The molecule has 9 nitrogen and oxygen atoms in total. The molecule has 0 aliphatic rings. The van der Waals surface area contributed by atoms with Gasteiger partial charge in [-0.3, -0.25) is 0 Å². The van der Waals surface area contributed by atoms with E-state index in [0.29, 0.717) is 13.4 Å². The fraction of sp³-hybridized carbons (Fsp3) is 0.921. The van der Waals surface area contributed by atoms with Crippen LogP contribution in [0, 0.1) is 0 Å². The Bertz CT molecular complexity index is 717. The fourth-order valence-corrected chi connectivity index (χ4v) is 5.23. The van der Waals surface area contributed by atoms with Gasteiger partial charge in [0.05, 0.1) is 80.3 Å². The Morgan fingerprint density at radius 2 is 0.681 bits per heavy atom. The number of carbonyl (C=O) groups is 3. The second kappa shape index (κ2) is 30.4. The van der Waals surface area contributed by atoms with Crippen LogP contribution < -0.4 is 15.3 Å². The van der Waals surface area contributed by atoms with Gasteiger partial charge in [0.25, 0.3) is 0 Å². The molecule has 0 aromatic rings. The molecule has 1 unspecified atom stereocenters. The highest BCUT2D eigenvalue weighted by atomic mass is 16.4. The maximum absolute atomic E-state index is 10.6. The molecule has 0 bridgehead atoms. The van der Waals surface area contributed by atoms with Crippen LogP contribution in [0.15, 0.2) is 0 Å². The largest absolute Gasteiger partial charge is 0.544 e. The predicted octanol–water partition coefficient (Wildman–Crippen LogP) is 4.30. The van der Waals surface area contributed by atoms with Crippen LogP contribution in [0.2, 0.25) is 0 Å². The number of quaternary nitrogens is 3. The Balaban J connectivity index is -0.000000658. The molecule has 0 heterocycles. The van der Waals surface area contributed by atoms with Crippen LogP contribution in [0.25, 0.3) is 0 Å². The van der Waals surface area contributed by atoms with Crippen LogP contribution >= 0.6 is 0 Å².